The molecule has 0 aliphatic rings. The van der Waals surface area contributed by atoms with Crippen molar-refractivity contribution in [2.45, 2.75) is 6.18 Å². The highest BCUT2D eigenvalue weighted by atomic mass is 35.5. The van der Waals surface area contributed by atoms with E-state index in [4.69, 9.17) is 16.0 Å². The summed E-state index contributed by atoms with van der Waals surface area (Å²) in [7, 11) is 0. The summed E-state index contributed by atoms with van der Waals surface area (Å²) in [6.45, 7) is 0. The third-order valence-corrected chi connectivity index (χ3v) is 3.20. The van der Waals surface area contributed by atoms with Gasteiger partial charge in [0, 0.05) is 12.3 Å². The fourth-order valence-electron chi connectivity index (χ4n) is 1.96. The molecule has 0 unspecified atom stereocenters. The van der Waals surface area contributed by atoms with Gasteiger partial charge in [0.15, 0.2) is 11.4 Å². The van der Waals surface area contributed by atoms with E-state index < -0.39 is 17.5 Å². The van der Waals surface area contributed by atoms with Gasteiger partial charge in [0.05, 0.1) is 10.6 Å². The maximum absolute atomic E-state index is 12.6. The molecule has 0 amide bonds. The topological polar surface area (TPSA) is 68.3 Å². The van der Waals surface area contributed by atoms with E-state index in [2.05, 4.69) is 4.98 Å². The number of oxazole rings is 1. The van der Waals surface area contributed by atoms with Gasteiger partial charge in [-0.1, -0.05) is 11.6 Å². The van der Waals surface area contributed by atoms with Crippen molar-refractivity contribution in [3.63, 3.8) is 0 Å². The first-order chi connectivity index (χ1) is 10.3. The Balaban J connectivity index is 2.26. The Morgan fingerprint density at radius 3 is 2.64 bits per heavy atom. The van der Waals surface area contributed by atoms with Crippen LogP contribution in [0.5, 0.6) is 5.75 Å². The second kappa shape index (κ2) is 4.77. The maximum atomic E-state index is 12.6. The van der Waals surface area contributed by atoms with Crippen molar-refractivity contribution in [3.8, 4) is 11.6 Å². The van der Waals surface area contributed by atoms with Gasteiger partial charge in [0.2, 0.25) is 0 Å². The van der Waals surface area contributed by atoms with Crippen LogP contribution >= 0.6 is 11.6 Å². The van der Waals surface area contributed by atoms with Crippen molar-refractivity contribution in [2.75, 3.05) is 0 Å². The minimum Gasteiger partial charge on any atom is -0.508 e. The number of halogens is 4. The lowest BCUT2D eigenvalue weighted by Gasteiger charge is -2.09. The molecule has 9 heteroatoms. The number of phenolic OH excluding ortho intramolecular Hbond substituents is 1. The van der Waals surface area contributed by atoms with E-state index in [0.29, 0.717) is 12.3 Å². The van der Waals surface area contributed by atoms with E-state index in [0.717, 1.165) is 4.57 Å². The smallest absolute Gasteiger partial charge is 0.425 e. The second-order valence-corrected chi connectivity index (χ2v) is 4.79. The largest absolute Gasteiger partial charge is 0.508 e. The standard InChI is InChI=1S/C13H6ClF3N2O3/c14-8-3-6(13(15,16)17)5-18-11(8)19-9-4-7(20)1-2-10(9)22-12(19)21/h1-5,20H. The van der Waals surface area contributed by atoms with Crippen LogP contribution in [0.25, 0.3) is 16.9 Å². The van der Waals surface area contributed by atoms with Crippen LogP contribution in [0.3, 0.4) is 0 Å². The van der Waals surface area contributed by atoms with E-state index >= 15 is 0 Å². The summed E-state index contributed by atoms with van der Waals surface area (Å²) in [5.74, 6) is -1.25. The highest BCUT2D eigenvalue weighted by molar-refractivity contribution is 6.32. The maximum Gasteiger partial charge on any atom is 0.425 e. The van der Waals surface area contributed by atoms with Gasteiger partial charge in [-0.3, -0.25) is 0 Å². The molecule has 2 heterocycles. The lowest BCUT2D eigenvalue weighted by molar-refractivity contribution is -0.137. The van der Waals surface area contributed by atoms with Crippen molar-refractivity contribution in [2.24, 2.45) is 0 Å². The average molecular weight is 331 g/mol. The molecule has 1 aromatic carbocycles. The zero-order chi connectivity index (χ0) is 16.1. The molecular formula is C13H6ClF3N2O3. The van der Waals surface area contributed by atoms with Crippen LogP contribution in [0, 0.1) is 0 Å². The number of pyridine rings is 1. The van der Waals surface area contributed by atoms with Crippen molar-refractivity contribution in [3.05, 3.63) is 51.6 Å². The quantitative estimate of drug-likeness (QED) is 0.743. The number of fused-ring (bicyclic) bond motifs is 1. The molecule has 2 aromatic heterocycles. The molecule has 3 aromatic rings. The zero-order valence-corrected chi connectivity index (χ0v) is 11.3. The minimum atomic E-state index is -4.60. The Kier molecular flexibility index (Phi) is 3.13. The van der Waals surface area contributed by atoms with Crippen LogP contribution in [0.4, 0.5) is 13.2 Å². The second-order valence-electron chi connectivity index (χ2n) is 4.38. The Labute approximate surface area is 125 Å². The van der Waals surface area contributed by atoms with Crippen LogP contribution in [0.1, 0.15) is 5.56 Å². The number of alkyl halides is 3. The molecule has 5 nitrogen and oxygen atoms in total. The number of hydrogen-bond acceptors (Lipinski definition) is 4. The number of nitrogens with zero attached hydrogens (tertiary/aromatic N) is 2. The number of aromatic nitrogens is 2. The number of aromatic hydroxyl groups is 1. The van der Waals surface area contributed by atoms with Crippen LogP contribution in [0.2, 0.25) is 5.02 Å². The lowest BCUT2D eigenvalue weighted by Crippen LogP contribution is -2.15. The molecule has 0 saturated heterocycles. The van der Waals surface area contributed by atoms with Crippen LogP contribution in [0.15, 0.2) is 39.7 Å². The highest BCUT2D eigenvalue weighted by Crippen LogP contribution is 2.32. The van der Waals surface area contributed by atoms with Gasteiger partial charge in [-0.15, -0.1) is 0 Å². The summed E-state index contributed by atoms with van der Waals surface area (Å²) >= 11 is 5.81. The molecule has 0 radical (unpaired) electrons. The number of benzene rings is 1. The van der Waals surface area contributed by atoms with Crippen LogP contribution < -0.4 is 5.76 Å². The first-order valence-electron chi connectivity index (χ1n) is 5.85. The summed E-state index contributed by atoms with van der Waals surface area (Å²) in [6.07, 6.45) is -4.04. The monoisotopic (exact) mass is 330 g/mol. The molecule has 0 saturated carbocycles. The highest BCUT2D eigenvalue weighted by Gasteiger charge is 2.32. The third kappa shape index (κ3) is 2.31. The van der Waals surface area contributed by atoms with Gasteiger partial charge in [-0.2, -0.15) is 13.2 Å². The zero-order valence-electron chi connectivity index (χ0n) is 10.6. The summed E-state index contributed by atoms with van der Waals surface area (Å²) in [4.78, 5) is 15.5. The molecule has 0 fully saturated rings. The molecule has 22 heavy (non-hydrogen) atoms. The number of rotatable bonds is 1. The van der Waals surface area contributed by atoms with Gasteiger partial charge < -0.3 is 9.52 Å². The van der Waals surface area contributed by atoms with Gasteiger partial charge >= 0.3 is 11.9 Å². The fraction of sp³-hybridized carbons (Fsp3) is 0.0769. The Morgan fingerprint density at radius 2 is 2.00 bits per heavy atom. The molecule has 114 valence electrons. The van der Waals surface area contributed by atoms with E-state index in [1.165, 1.54) is 18.2 Å². The molecule has 0 aliphatic carbocycles. The van der Waals surface area contributed by atoms with Gasteiger partial charge in [-0.25, -0.2) is 14.3 Å². The van der Waals surface area contributed by atoms with Crippen molar-refractivity contribution < 1.29 is 22.7 Å². The van der Waals surface area contributed by atoms with Crippen molar-refractivity contribution >= 4 is 22.7 Å². The third-order valence-electron chi connectivity index (χ3n) is 2.92. The van der Waals surface area contributed by atoms with Crippen LogP contribution in [-0.4, -0.2) is 14.7 Å². The first-order valence-corrected chi connectivity index (χ1v) is 6.23. The van der Waals surface area contributed by atoms with E-state index in [-0.39, 0.29) is 27.7 Å². The minimum absolute atomic E-state index is 0.138. The van der Waals surface area contributed by atoms with E-state index in [1.54, 1.807) is 0 Å². The molecule has 0 spiro atoms. The molecule has 3 rings (SSSR count). The molecule has 0 bridgehead atoms. The SMILES string of the molecule is O=c1oc2ccc(O)cc2n1-c1ncc(C(F)(F)F)cc1Cl. The normalized spacial score (nSPS) is 12.0. The predicted octanol–water partition coefficient (Wildman–Crippen LogP) is 3.36. The number of phenols is 1. The lowest BCUT2D eigenvalue weighted by atomic mass is 10.2. The van der Waals surface area contributed by atoms with Gasteiger partial charge in [0.1, 0.15) is 11.3 Å². The Morgan fingerprint density at radius 1 is 1.27 bits per heavy atom. The summed E-state index contributed by atoms with van der Waals surface area (Å²) in [5, 5.41) is 9.10. The number of hydrogen-bond donors (Lipinski definition) is 1. The average Bonchev–Trinajstić information content (AvgIpc) is 2.73. The van der Waals surface area contributed by atoms with Crippen molar-refractivity contribution in [1.29, 1.82) is 0 Å². The Hall–Kier alpha value is -2.48. The summed E-state index contributed by atoms with van der Waals surface area (Å²) in [6, 6.07) is 4.53. The first kappa shape index (κ1) is 14.5. The molecular weight excluding hydrogens is 325 g/mol. The predicted molar refractivity (Wildman–Crippen MR) is 71.3 cm³/mol. The van der Waals surface area contributed by atoms with Gasteiger partial charge in [0.25, 0.3) is 0 Å². The molecule has 0 atom stereocenters. The summed E-state index contributed by atoms with van der Waals surface area (Å²) < 4.78 is 43.6. The van der Waals surface area contributed by atoms with E-state index in [9.17, 15) is 23.1 Å². The van der Waals surface area contributed by atoms with Gasteiger partial charge in [-0.05, 0) is 18.2 Å². The molecule has 1 N–H and O–H groups in total. The Bertz CT molecular complexity index is 930. The van der Waals surface area contributed by atoms with Crippen molar-refractivity contribution in [1.82, 2.24) is 9.55 Å². The molecule has 0 aliphatic heterocycles. The van der Waals surface area contributed by atoms with E-state index in [1.807, 2.05) is 0 Å². The van der Waals surface area contributed by atoms with Crippen LogP contribution in [-0.2, 0) is 6.18 Å². The fourth-order valence-corrected chi connectivity index (χ4v) is 2.21. The summed E-state index contributed by atoms with van der Waals surface area (Å²) in [5.41, 5.74) is -0.760.